The van der Waals surface area contributed by atoms with Crippen LogP contribution in [0.4, 0.5) is 0 Å². The fourth-order valence-electron chi connectivity index (χ4n) is 2.92. The van der Waals surface area contributed by atoms with Gasteiger partial charge in [-0.05, 0) is 37.3 Å². The predicted molar refractivity (Wildman–Crippen MR) is 101 cm³/mol. The smallest absolute Gasteiger partial charge is 0.296 e. The van der Waals surface area contributed by atoms with E-state index in [0.717, 1.165) is 28.3 Å². The summed E-state index contributed by atoms with van der Waals surface area (Å²) in [5.74, 6) is 0.600. The van der Waals surface area contributed by atoms with Crippen LogP contribution in [-0.2, 0) is 6.54 Å². The first-order valence-corrected chi connectivity index (χ1v) is 8.89. The van der Waals surface area contributed by atoms with Crippen LogP contribution in [0.3, 0.4) is 0 Å². The van der Waals surface area contributed by atoms with Crippen LogP contribution in [0.1, 0.15) is 21.9 Å². The number of aryl methyl sites for hydroxylation is 1. The third-order valence-corrected chi connectivity index (χ3v) is 4.49. The summed E-state index contributed by atoms with van der Waals surface area (Å²) in [6.07, 6.45) is 5.43. The van der Waals surface area contributed by atoms with Gasteiger partial charge in [-0.3, -0.25) is 4.79 Å². The normalized spacial score (nSPS) is 10.9. The van der Waals surface area contributed by atoms with Gasteiger partial charge in [-0.15, -0.1) is 0 Å². The largest absolute Gasteiger partial charge is 0.338 e. The van der Waals surface area contributed by atoms with E-state index in [-0.39, 0.29) is 5.91 Å². The maximum absolute atomic E-state index is 12.8. The van der Waals surface area contributed by atoms with Crippen LogP contribution in [0.5, 0.6) is 0 Å². The minimum atomic E-state index is -0.194. The molecule has 3 heterocycles. The Balaban J connectivity index is 1.67. The van der Waals surface area contributed by atoms with E-state index < -0.39 is 0 Å². The minimum Gasteiger partial charge on any atom is -0.338 e. The van der Waals surface area contributed by atoms with Crippen molar-refractivity contribution in [3.63, 3.8) is 0 Å². The highest BCUT2D eigenvalue weighted by atomic mass is 35.5. The van der Waals surface area contributed by atoms with Crippen molar-refractivity contribution in [3.8, 4) is 11.4 Å². The van der Waals surface area contributed by atoms with E-state index in [1.807, 2.05) is 60.0 Å². The van der Waals surface area contributed by atoms with Crippen molar-refractivity contribution in [1.82, 2.24) is 15.3 Å². The Labute approximate surface area is 160 Å². The highest BCUT2D eigenvalue weighted by Gasteiger charge is 2.25. The number of aromatic amines is 2. The molecule has 0 saturated heterocycles. The van der Waals surface area contributed by atoms with Crippen molar-refractivity contribution < 1.29 is 14.2 Å². The van der Waals surface area contributed by atoms with Crippen LogP contribution in [0.25, 0.3) is 16.9 Å². The molecule has 4 aromatic rings. The van der Waals surface area contributed by atoms with Crippen molar-refractivity contribution in [3.05, 3.63) is 83.2 Å². The zero-order valence-electron chi connectivity index (χ0n) is 14.7. The maximum atomic E-state index is 12.8. The average molecular weight is 380 g/mol. The number of nitrogens with zero attached hydrogens (tertiary/aromatic N) is 2. The van der Waals surface area contributed by atoms with Gasteiger partial charge in [0.15, 0.2) is 11.7 Å². The zero-order chi connectivity index (χ0) is 18.8. The Hall–Kier alpha value is -3.25. The molecule has 0 fully saturated rings. The number of rotatable bonds is 4. The second-order valence-corrected chi connectivity index (χ2v) is 6.65. The molecule has 0 saturated carbocycles. The van der Waals surface area contributed by atoms with Crippen molar-refractivity contribution in [2.75, 3.05) is 0 Å². The lowest BCUT2D eigenvalue weighted by atomic mass is 10.2. The molecular formula is C20H18ClN5O+2. The summed E-state index contributed by atoms with van der Waals surface area (Å²) in [4.78, 5) is 23.4. The number of hydrogen-bond donors (Lipinski definition) is 2. The molecule has 4 rings (SSSR count). The van der Waals surface area contributed by atoms with Crippen LogP contribution < -0.4 is 14.7 Å². The molecule has 0 radical (unpaired) electrons. The Morgan fingerprint density at radius 2 is 2.19 bits per heavy atom. The molecule has 0 spiro atoms. The second-order valence-electron chi connectivity index (χ2n) is 6.21. The molecule has 0 aliphatic carbocycles. The zero-order valence-corrected chi connectivity index (χ0v) is 15.4. The lowest BCUT2D eigenvalue weighted by Crippen LogP contribution is -2.28. The first-order chi connectivity index (χ1) is 13.1. The molecule has 0 aliphatic heterocycles. The molecule has 1 aromatic carbocycles. The molecule has 0 aliphatic rings. The maximum Gasteiger partial charge on any atom is 0.296 e. The van der Waals surface area contributed by atoms with E-state index in [1.54, 1.807) is 12.4 Å². The summed E-state index contributed by atoms with van der Waals surface area (Å²) in [5, 5.41) is 3.56. The number of amides is 1. The van der Waals surface area contributed by atoms with Gasteiger partial charge < -0.3 is 5.32 Å². The van der Waals surface area contributed by atoms with Gasteiger partial charge in [-0.1, -0.05) is 23.7 Å². The van der Waals surface area contributed by atoms with E-state index in [4.69, 9.17) is 11.6 Å². The first kappa shape index (κ1) is 17.2. The van der Waals surface area contributed by atoms with Gasteiger partial charge in [0, 0.05) is 5.02 Å². The van der Waals surface area contributed by atoms with E-state index in [0.29, 0.717) is 17.3 Å². The molecule has 0 bridgehead atoms. The van der Waals surface area contributed by atoms with Gasteiger partial charge >= 0.3 is 0 Å². The number of fused-ring (bicyclic) bond motifs is 1. The van der Waals surface area contributed by atoms with Gasteiger partial charge in [0.1, 0.15) is 12.2 Å². The molecular weight excluding hydrogens is 362 g/mol. The molecule has 0 atom stereocenters. The first-order valence-electron chi connectivity index (χ1n) is 8.51. The predicted octanol–water partition coefficient (Wildman–Crippen LogP) is 2.52. The standard InChI is InChI=1S/C20H16ClN5O/c1-13-10-23-16(11-22-13)12-24-20(27)18-17-7-2-3-8-26(17)19(25-18)14-5-4-6-15(21)9-14/h2-11H,12H2,1H3,(H,24,27)/p+2. The Bertz CT molecular complexity index is 1120. The number of aromatic nitrogens is 4. The molecule has 1 amide bonds. The fraction of sp³-hybridized carbons (Fsp3) is 0.100. The number of nitrogens with one attached hydrogen (secondary N) is 3. The van der Waals surface area contributed by atoms with E-state index in [2.05, 4.69) is 20.3 Å². The lowest BCUT2D eigenvalue weighted by molar-refractivity contribution is -0.498. The summed E-state index contributed by atoms with van der Waals surface area (Å²) in [7, 11) is 0. The van der Waals surface area contributed by atoms with Gasteiger partial charge in [0.05, 0.1) is 18.0 Å². The number of pyridine rings is 1. The van der Waals surface area contributed by atoms with Gasteiger partial charge in [0.25, 0.3) is 11.7 Å². The number of H-pyrrole nitrogens is 2. The summed E-state index contributed by atoms with van der Waals surface area (Å²) >= 11 is 6.13. The molecule has 27 heavy (non-hydrogen) atoms. The van der Waals surface area contributed by atoms with Crippen LogP contribution in [-0.4, -0.2) is 15.9 Å². The van der Waals surface area contributed by atoms with Gasteiger partial charge in [0.2, 0.25) is 11.4 Å². The highest BCUT2D eigenvalue weighted by molar-refractivity contribution is 6.30. The average Bonchev–Trinajstić information content (AvgIpc) is 3.07. The van der Waals surface area contributed by atoms with Crippen molar-refractivity contribution in [2.24, 2.45) is 0 Å². The Kier molecular flexibility index (Phi) is 4.56. The molecule has 7 heteroatoms. The van der Waals surface area contributed by atoms with Crippen molar-refractivity contribution in [2.45, 2.75) is 13.5 Å². The summed E-state index contributed by atoms with van der Waals surface area (Å²) in [5.41, 5.74) is 3.90. The number of carbonyl (C=O) groups is 1. The van der Waals surface area contributed by atoms with Gasteiger partial charge in [-0.2, -0.15) is 4.40 Å². The molecule has 0 unspecified atom stereocenters. The molecule has 134 valence electrons. The van der Waals surface area contributed by atoms with Crippen LogP contribution in [0, 0.1) is 6.92 Å². The molecule has 3 aromatic heterocycles. The summed E-state index contributed by atoms with van der Waals surface area (Å²) < 4.78 is 1.94. The topological polar surface area (TPSA) is 76.0 Å². The lowest BCUT2D eigenvalue weighted by Gasteiger charge is -1.98. The highest BCUT2D eigenvalue weighted by Crippen LogP contribution is 2.21. The molecule has 6 nitrogen and oxygen atoms in total. The number of imidazole rings is 1. The number of carbonyl (C=O) groups excluding carboxylic acids is 1. The van der Waals surface area contributed by atoms with Crippen LogP contribution >= 0.6 is 11.6 Å². The number of benzene rings is 1. The monoisotopic (exact) mass is 379 g/mol. The van der Waals surface area contributed by atoms with Gasteiger partial charge in [-0.25, -0.2) is 15.0 Å². The summed E-state index contributed by atoms with van der Waals surface area (Å²) in [6.45, 7) is 2.26. The quantitative estimate of drug-likeness (QED) is 0.534. The minimum absolute atomic E-state index is 0.194. The second kappa shape index (κ2) is 7.17. The van der Waals surface area contributed by atoms with Crippen LogP contribution in [0.15, 0.2) is 61.1 Å². The fourth-order valence-corrected chi connectivity index (χ4v) is 3.11. The molecule has 3 N–H and O–H groups in total. The third-order valence-electron chi connectivity index (χ3n) is 4.26. The van der Waals surface area contributed by atoms with E-state index in [1.165, 1.54) is 0 Å². The van der Waals surface area contributed by atoms with E-state index >= 15 is 0 Å². The Morgan fingerprint density at radius 3 is 2.96 bits per heavy atom. The van der Waals surface area contributed by atoms with E-state index in [9.17, 15) is 4.79 Å². The Morgan fingerprint density at radius 1 is 1.30 bits per heavy atom. The van der Waals surface area contributed by atoms with Crippen molar-refractivity contribution in [1.29, 1.82) is 0 Å². The number of hydrogen-bond acceptors (Lipinski definition) is 2. The SMILES string of the molecule is Cc1c[nH+]c(CNC(=O)c2[nH]c(-c3cccc(Cl)c3)[n+]3ccccc23)cn1. The van der Waals surface area contributed by atoms with Crippen LogP contribution in [0.2, 0.25) is 5.02 Å². The third kappa shape index (κ3) is 3.52. The number of halogens is 1. The summed E-state index contributed by atoms with van der Waals surface area (Å²) in [6, 6.07) is 13.2. The van der Waals surface area contributed by atoms with Crippen molar-refractivity contribution >= 4 is 23.0 Å².